The van der Waals surface area contributed by atoms with Gasteiger partial charge in [-0.15, -0.1) is 58.0 Å². The van der Waals surface area contributed by atoms with E-state index in [0.717, 1.165) is 12.5 Å². The Kier molecular flexibility index (Phi) is 38.4. The van der Waals surface area contributed by atoms with Gasteiger partial charge in [-0.2, -0.15) is 0 Å². The molecule has 512 valence electrons. The largest absolute Gasteiger partial charge is 0.477 e. The summed E-state index contributed by atoms with van der Waals surface area (Å²) in [6, 6.07) is 2.58. The van der Waals surface area contributed by atoms with Crippen molar-refractivity contribution < 1.29 is 88.7 Å². The lowest BCUT2D eigenvalue weighted by molar-refractivity contribution is 0.115. The van der Waals surface area contributed by atoms with Crippen molar-refractivity contribution in [2.75, 3.05) is 64.9 Å². The van der Waals surface area contributed by atoms with Gasteiger partial charge in [-0.05, 0) is 175 Å². The summed E-state index contributed by atoms with van der Waals surface area (Å²) in [5.41, 5.74) is 0. The van der Waals surface area contributed by atoms with Gasteiger partial charge in [-0.3, -0.25) is 0 Å². The summed E-state index contributed by atoms with van der Waals surface area (Å²) in [6.45, 7) is 44.7. The van der Waals surface area contributed by atoms with E-state index in [0.29, 0.717) is 67.0 Å². The molecule has 0 aromatic carbocycles. The lowest BCUT2D eigenvalue weighted by Gasteiger charge is -2.52. The molecule has 2 aliphatic heterocycles. The Bertz CT molecular complexity index is 1930. The number of rotatable bonds is 24. The van der Waals surface area contributed by atoms with E-state index in [9.17, 15) is 4.80 Å². The van der Waals surface area contributed by atoms with Gasteiger partial charge < -0.3 is 88.7 Å². The summed E-state index contributed by atoms with van der Waals surface area (Å²) in [6.07, 6.45) is 2.50. The van der Waals surface area contributed by atoms with Crippen LogP contribution in [0.25, 0.3) is 0 Å². The first-order valence-corrected chi connectivity index (χ1v) is 72.7. The predicted molar refractivity (Wildman–Crippen MR) is 381 cm³/mol. The molecule has 0 radical (unpaired) electrons. The molecule has 2 bridgehead atoms. The van der Waals surface area contributed by atoms with Gasteiger partial charge in [0.25, 0.3) is 0 Å². The first-order valence-electron chi connectivity index (χ1n) is 29.1. The Morgan fingerprint density at radius 1 is 0.353 bits per heavy atom. The third kappa shape index (κ3) is 35.2. The Morgan fingerprint density at radius 2 is 0.718 bits per heavy atom. The lowest BCUT2D eigenvalue weighted by Crippen LogP contribution is -2.74. The second-order valence-electron chi connectivity index (χ2n) is 25.7. The van der Waals surface area contributed by atoms with Crippen LogP contribution >= 0.6 is 58.0 Å². The van der Waals surface area contributed by atoms with Crippen molar-refractivity contribution in [3.63, 3.8) is 0 Å². The maximum atomic E-state index is 12.3. The van der Waals surface area contributed by atoms with Gasteiger partial charge >= 0.3 is 130 Å². The van der Waals surface area contributed by atoms with E-state index in [1.807, 2.05) is 125 Å². The highest BCUT2D eigenvalue weighted by atomic mass is 35.5. The van der Waals surface area contributed by atoms with Gasteiger partial charge in [-0.1, -0.05) is 6.92 Å². The van der Waals surface area contributed by atoms with E-state index >= 15 is 0 Å². The SMILES string of the molecule is CC[Si]1(O[Si](C)(C)C)O[Si](C)(C)O[Si]2(CCCCl)O[Si](C)(C)O[Si](CCCCl)(O[Si](C)(C)OC)O[Si](C)(C)O[Si](C)(CCCCl)O[Si](C)(O)O[Si](C)(C)O[Si](C)(C)O[Si](CCCl)(O[Si](C)(C)O2)O1.CO[Si](C)(C)OC.CO[Si](C)(CCCCl)OC. The molecule has 0 aromatic rings. The molecule has 0 aliphatic carbocycles. The molecule has 0 amide bonds. The lowest BCUT2D eigenvalue weighted by atomic mass is 10.6. The minimum Gasteiger partial charge on any atom is -0.417 e. The average Bonchev–Trinajstić information content (AvgIpc) is 1.18. The second kappa shape index (κ2) is 36.6. The van der Waals surface area contributed by atoms with Crippen molar-refractivity contribution in [1.29, 1.82) is 0 Å². The molecule has 42 heteroatoms. The fourth-order valence-electron chi connectivity index (χ4n) is 9.11. The minimum atomic E-state index is -4.10. The van der Waals surface area contributed by atoms with Crippen molar-refractivity contribution in [3.8, 4) is 0 Å². The normalized spacial score (nSPS) is 30.6. The van der Waals surface area contributed by atoms with Crippen LogP contribution in [0.2, 0.25) is 180 Å². The molecule has 2 saturated heterocycles. The second-order valence-corrected chi connectivity index (χ2v) is 83.5. The van der Waals surface area contributed by atoms with Gasteiger partial charge in [0, 0.05) is 95.7 Å². The molecule has 1 N–H and O–H groups in total. The number of alkyl halides is 5. The van der Waals surface area contributed by atoms with Crippen molar-refractivity contribution in [2.24, 2.45) is 0 Å². The molecule has 2 fully saturated rings. The van der Waals surface area contributed by atoms with Crippen LogP contribution in [-0.2, 0) is 83.9 Å². The Hall–Kier alpha value is 4.08. The zero-order chi connectivity index (χ0) is 66.7. The van der Waals surface area contributed by atoms with Gasteiger partial charge in [0.1, 0.15) is 0 Å². The fraction of sp³-hybridized carbons (Fsp3) is 1.00. The third-order valence-electron chi connectivity index (χ3n) is 12.1. The molecular formula is C43H115Cl5O21Si16. The first-order chi connectivity index (χ1) is 38.3. The van der Waals surface area contributed by atoms with Crippen LogP contribution in [0.4, 0.5) is 0 Å². The number of halogens is 5. The summed E-state index contributed by atoms with van der Waals surface area (Å²) in [5.74, 6) is 1.76. The maximum Gasteiger partial charge on any atom is 0.477 e. The highest BCUT2D eigenvalue weighted by Crippen LogP contribution is 2.42. The summed E-state index contributed by atoms with van der Waals surface area (Å²) in [7, 11) is -44.6. The number of hydrogen-bond acceptors (Lipinski definition) is 21. The van der Waals surface area contributed by atoms with Crippen LogP contribution in [0.5, 0.6) is 0 Å². The summed E-state index contributed by atoms with van der Waals surface area (Å²) in [4.78, 5) is 12.3. The molecule has 0 saturated carbocycles. The third-order valence-corrected chi connectivity index (χ3v) is 74.0. The predicted octanol–water partition coefficient (Wildman–Crippen LogP) is 14.2. The fourth-order valence-corrected chi connectivity index (χ4v) is 80.8. The maximum absolute atomic E-state index is 12.3. The molecule has 21 nitrogen and oxygen atoms in total. The molecule has 6 unspecified atom stereocenters. The number of hydrogen-bond donors (Lipinski definition) is 1. The Morgan fingerprint density at radius 3 is 1.09 bits per heavy atom. The molecule has 0 spiro atoms. The van der Waals surface area contributed by atoms with E-state index in [2.05, 4.69) is 19.6 Å². The standard InChI is InChI=1S/C33H88Cl4O17Si14.C6H15ClO2Si.C4H12O2Si/c1-22-65(40-55(3,4)5)45-60(14,15)48-67(32-25-28-36)50-61(16,17)49-66(31-24-27-35,44-56(6,7)39-2)47-59(12,13)42-63(20,30-23-26-34)53-64(21,38)43-57(8,9)41-58(10,11)46-68(54-65,33-29-37)52-62(18,19)51-67;1-8-10(3,9-2)6-4-5-7;1-5-7(3,4)6-2/h38H,22-33H2,1-21H3;4-6H2,1-3H3;1-4H3. The zero-order valence-corrected chi connectivity index (χ0v) is 76.9. The average molecular weight is 1600 g/mol. The van der Waals surface area contributed by atoms with Gasteiger partial charge in [-0.25, -0.2) is 0 Å². The van der Waals surface area contributed by atoms with Gasteiger partial charge in [0.15, 0.2) is 8.32 Å². The van der Waals surface area contributed by atoms with Crippen molar-refractivity contribution in [2.45, 2.75) is 213 Å². The van der Waals surface area contributed by atoms with E-state index in [-0.39, 0.29) is 11.9 Å². The quantitative estimate of drug-likeness (QED) is 0.0704. The van der Waals surface area contributed by atoms with Crippen LogP contribution < -0.4 is 0 Å². The molecule has 6 atom stereocenters. The van der Waals surface area contributed by atoms with E-state index in [1.165, 1.54) is 0 Å². The van der Waals surface area contributed by atoms with E-state index in [1.54, 1.807) is 42.1 Å². The molecule has 2 aliphatic rings. The molecule has 2 rings (SSSR count). The number of fused-ring (bicyclic) bond motifs is 4. The van der Waals surface area contributed by atoms with Crippen molar-refractivity contribution in [1.82, 2.24) is 0 Å². The van der Waals surface area contributed by atoms with Crippen LogP contribution in [0.3, 0.4) is 0 Å². The zero-order valence-electron chi connectivity index (χ0n) is 57.1. The summed E-state index contributed by atoms with van der Waals surface area (Å²) >= 11 is 31.7. The summed E-state index contributed by atoms with van der Waals surface area (Å²) < 4.78 is 135. The summed E-state index contributed by atoms with van der Waals surface area (Å²) in [5, 5.41) is 0. The molecule has 2 heterocycles. The molecule has 0 aromatic heterocycles. The van der Waals surface area contributed by atoms with Crippen LogP contribution in [0.1, 0.15) is 32.6 Å². The molecular weight excluding hydrogens is 1480 g/mol. The highest BCUT2D eigenvalue weighted by molar-refractivity contribution is 6.98. The smallest absolute Gasteiger partial charge is 0.417 e. The highest BCUT2D eigenvalue weighted by Gasteiger charge is 2.66. The van der Waals surface area contributed by atoms with Crippen LogP contribution in [-0.4, -0.2) is 208 Å². The van der Waals surface area contributed by atoms with Crippen LogP contribution in [0, 0.1) is 0 Å². The van der Waals surface area contributed by atoms with Crippen molar-refractivity contribution >= 4 is 196 Å². The monoisotopic (exact) mass is 1590 g/mol. The van der Waals surface area contributed by atoms with Gasteiger partial charge in [0.05, 0.1) is 0 Å². The Balaban J connectivity index is 0.00000357. The van der Waals surface area contributed by atoms with E-state index < -0.39 is 138 Å². The topological polar surface area (TPSA) is 205 Å². The minimum absolute atomic E-state index is 0.118. The van der Waals surface area contributed by atoms with Crippen LogP contribution in [0.15, 0.2) is 0 Å². The Labute approximate surface area is 557 Å². The molecule has 85 heavy (non-hydrogen) atoms. The first kappa shape index (κ1) is 89.1. The van der Waals surface area contributed by atoms with Crippen molar-refractivity contribution in [3.05, 3.63) is 0 Å². The van der Waals surface area contributed by atoms with E-state index in [4.69, 9.17) is 142 Å². The van der Waals surface area contributed by atoms with Gasteiger partial charge in [0.2, 0.25) is 0 Å².